The third kappa shape index (κ3) is 1.60. The van der Waals surface area contributed by atoms with E-state index in [0.717, 1.165) is 41.9 Å². The first-order valence-corrected chi connectivity index (χ1v) is 10.2. The van der Waals surface area contributed by atoms with Gasteiger partial charge in [-0.2, -0.15) is 0 Å². The van der Waals surface area contributed by atoms with Gasteiger partial charge >= 0.3 is 0 Å². The lowest BCUT2D eigenvalue weighted by molar-refractivity contribution is -0.950. The van der Waals surface area contributed by atoms with Gasteiger partial charge < -0.3 is 24.5 Å². The van der Waals surface area contributed by atoms with Crippen molar-refractivity contribution in [3.63, 3.8) is 0 Å². The summed E-state index contributed by atoms with van der Waals surface area (Å²) >= 11 is 0. The highest BCUT2D eigenvalue weighted by molar-refractivity contribution is 5.62. The number of likely N-dealkylation sites (tertiary alicyclic amines) is 1. The average molecular weight is 358 g/mol. The molecular weight excluding hydrogens is 330 g/mol. The Balaban J connectivity index is 1.59. The van der Waals surface area contributed by atoms with Crippen LogP contribution in [0.3, 0.4) is 0 Å². The normalized spacial score (nSPS) is 48.0. The molecule has 2 bridgehead atoms. The van der Waals surface area contributed by atoms with Crippen LogP contribution >= 0.6 is 0 Å². The molecule has 1 aromatic carbocycles. The Kier molecular flexibility index (Phi) is 2.76. The average Bonchev–Trinajstić information content (AvgIpc) is 3.32. The third-order valence-electron chi connectivity index (χ3n) is 8.45. The maximum atomic E-state index is 12.2. The zero-order valence-corrected chi connectivity index (χ0v) is 15.3. The van der Waals surface area contributed by atoms with Crippen LogP contribution in [0.2, 0.25) is 0 Å². The second-order valence-electron chi connectivity index (χ2n) is 9.79. The number of aromatic hydroxyl groups is 1. The lowest BCUT2D eigenvalue weighted by Crippen LogP contribution is -2.81. The molecule has 140 valence electrons. The molecule has 1 aromatic rings. The van der Waals surface area contributed by atoms with Crippen LogP contribution in [0.15, 0.2) is 12.1 Å². The summed E-state index contributed by atoms with van der Waals surface area (Å²) in [5.74, 6) is 1.46. The quantitative estimate of drug-likeness (QED) is 0.700. The number of benzene rings is 1. The Labute approximate surface area is 153 Å². The molecule has 0 unspecified atom stereocenters. The molecule has 5 nitrogen and oxygen atoms in total. The number of quaternary nitrogens is 1. The summed E-state index contributed by atoms with van der Waals surface area (Å²) in [5.41, 5.74) is 0.755. The van der Waals surface area contributed by atoms with Crippen LogP contribution in [0.5, 0.6) is 11.5 Å². The van der Waals surface area contributed by atoms with Crippen LogP contribution in [-0.2, 0) is 11.8 Å². The summed E-state index contributed by atoms with van der Waals surface area (Å²) in [7, 11) is 2.33. The van der Waals surface area contributed by atoms with Crippen molar-refractivity contribution in [2.75, 3.05) is 20.1 Å². The van der Waals surface area contributed by atoms with Gasteiger partial charge in [-0.25, -0.2) is 0 Å². The van der Waals surface area contributed by atoms with Crippen molar-refractivity contribution in [1.29, 1.82) is 0 Å². The molecule has 5 heteroatoms. The van der Waals surface area contributed by atoms with E-state index in [2.05, 4.69) is 7.05 Å². The summed E-state index contributed by atoms with van der Waals surface area (Å²) < 4.78 is 7.11. The Morgan fingerprint density at radius 1 is 1.23 bits per heavy atom. The topological polar surface area (TPSA) is 69.9 Å². The molecule has 2 saturated carbocycles. The van der Waals surface area contributed by atoms with E-state index < -0.39 is 23.2 Å². The Bertz CT molecular complexity index is 807. The maximum absolute atomic E-state index is 12.2. The first kappa shape index (κ1) is 15.7. The molecule has 26 heavy (non-hydrogen) atoms. The number of hydrogen-bond donors (Lipinski definition) is 3. The number of hydrogen-bond acceptors (Lipinski definition) is 4. The number of piperidine rings is 1. The first-order chi connectivity index (χ1) is 12.4. The van der Waals surface area contributed by atoms with Crippen molar-refractivity contribution in [2.45, 2.75) is 67.8 Å². The fourth-order valence-electron chi connectivity index (χ4n) is 7.13. The van der Waals surface area contributed by atoms with Crippen molar-refractivity contribution in [3.05, 3.63) is 23.3 Å². The van der Waals surface area contributed by atoms with E-state index >= 15 is 0 Å². The van der Waals surface area contributed by atoms with Crippen molar-refractivity contribution in [2.24, 2.45) is 5.92 Å². The van der Waals surface area contributed by atoms with Crippen molar-refractivity contribution in [3.8, 4) is 11.5 Å². The van der Waals surface area contributed by atoms with E-state index in [1.807, 2.05) is 6.07 Å². The highest BCUT2D eigenvalue weighted by atomic mass is 16.5. The molecule has 0 radical (unpaired) electrons. The SMILES string of the molecule is C[N@+]1(CC2CC2)CC[C@]23c4c5ccc(O)c4O[C@H]2[C@H](O)CC[C@@]3(O)[C@H]1C5. The van der Waals surface area contributed by atoms with Crippen LogP contribution in [0.25, 0.3) is 0 Å². The van der Waals surface area contributed by atoms with Gasteiger partial charge in [0.1, 0.15) is 17.7 Å². The zero-order valence-electron chi connectivity index (χ0n) is 15.3. The van der Waals surface area contributed by atoms with Gasteiger partial charge in [-0.1, -0.05) is 6.07 Å². The lowest BCUT2D eigenvalue weighted by Gasteiger charge is -2.65. The molecule has 3 N–H and O–H groups in total. The first-order valence-electron chi connectivity index (χ1n) is 10.2. The van der Waals surface area contributed by atoms with Gasteiger partial charge in [-0.3, -0.25) is 0 Å². The van der Waals surface area contributed by atoms with Gasteiger partial charge in [-0.05, 0) is 37.3 Å². The van der Waals surface area contributed by atoms with Gasteiger partial charge in [0.15, 0.2) is 11.5 Å². The lowest BCUT2D eigenvalue weighted by atomic mass is 9.48. The second-order valence-corrected chi connectivity index (χ2v) is 9.79. The molecule has 2 heterocycles. The van der Waals surface area contributed by atoms with Gasteiger partial charge in [0.25, 0.3) is 0 Å². The van der Waals surface area contributed by atoms with Gasteiger partial charge in [0.2, 0.25) is 0 Å². The number of aliphatic hydroxyl groups is 2. The van der Waals surface area contributed by atoms with Gasteiger partial charge in [0.05, 0.1) is 31.7 Å². The summed E-state index contributed by atoms with van der Waals surface area (Å²) in [5, 5.41) is 33.4. The number of ether oxygens (including phenoxy) is 1. The van der Waals surface area contributed by atoms with Crippen LogP contribution in [-0.4, -0.2) is 63.8 Å². The van der Waals surface area contributed by atoms with Crippen LogP contribution in [0.4, 0.5) is 0 Å². The molecule has 0 aromatic heterocycles. The summed E-state index contributed by atoms with van der Waals surface area (Å²) in [4.78, 5) is 0. The van der Waals surface area contributed by atoms with Crippen LogP contribution < -0.4 is 4.74 Å². The predicted octanol–water partition coefficient (Wildman–Crippen LogP) is 1.46. The van der Waals surface area contributed by atoms with Crippen molar-refractivity contribution >= 4 is 0 Å². The number of rotatable bonds is 2. The van der Waals surface area contributed by atoms with Crippen molar-refractivity contribution in [1.82, 2.24) is 0 Å². The van der Waals surface area contributed by atoms with Gasteiger partial charge in [0, 0.05) is 24.3 Å². The molecular formula is C21H28NO4+. The van der Waals surface area contributed by atoms with Crippen molar-refractivity contribution < 1.29 is 24.5 Å². The van der Waals surface area contributed by atoms with E-state index in [4.69, 9.17) is 4.74 Å². The molecule has 2 aliphatic heterocycles. The molecule has 6 atom stereocenters. The number of likely N-dealkylation sites (N-methyl/N-ethyl adjacent to an activating group) is 1. The Hall–Kier alpha value is -1.30. The zero-order chi connectivity index (χ0) is 17.9. The number of aliphatic hydroxyl groups excluding tert-OH is 1. The molecule has 0 amide bonds. The minimum Gasteiger partial charge on any atom is -0.504 e. The molecule has 1 spiro atoms. The highest BCUT2D eigenvalue weighted by Gasteiger charge is 2.76. The Morgan fingerprint density at radius 3 is 2.81 bits per heavy atom. The highest BCUT2D eigenvalue weighted by Crippen LogP contribution is 2.66. The molecule has 1 saturated heterocycles. The number of phenolic OH excluding ortho intramolecular Hbond substituents is 1. The largest absolute Gasteiger partial charge is 0.504 e. The fraction of sp³-hybridized carbons (Fsp3) is 0.714. The van der Waals surface area contributed by atoms with E-state index in [-0.39, 0.29) is 11.8 Å². The minimum absolute atomic E-state index is 0.137. The Morgan fingerprint density at radius 2 is 2.04 bits per heavy atom. The summed E-state index contributed by atoms with van der Waals surface area (Å²) in [6.07, 6.45) is 4.44. The second kappa shape index (κ2) is 4.57. The molecule has 5 aliphatic rings. The van der Waals surface area contributed by atoms with Crippen LogP contribution in [0.1, 0.15) is 43.2 Å². The third-order valence-corrected chi connectivity index (χ3v) is 8.45. The summed E-state index contributed by atoms with van der Waals surface area (Å²) in [6.45, 7) is 2.15. The molecule has 3 aliphatic carbocycles. The monoisotopic (exact) mass is 358 g/mol. The van der Waals surface area contributed by atoms with E-state index in [9.17, 15) is 15.3 Å². The predicted molar refractivity (Wildman–Crippen MR) is 95.1 cm³/mol. The standard InChI is InChI=1S/C21H27NO4/c1-22(11-12-2-3-12)9-8-20-17-13-4-5-14(23)18(17)26-19(20)15(24)6-7-21(20,25)16(22)10-13/h4-5,12,15-16,19,24-25H,2-3,6-11H2,1H3/p+1/t15-,16-,19+,20+,21-,22-/m1/s1. The maximum Gasteiger partial charge on any atom is 0.165 e. The van der Waals surface area contributed by atoms with Crippen LogP contribution in [0, 0.1) is 5.92 Å². The van der Waals surface area contributed by atoms with E-state index in [1.54, 1.807) is 6.07 Å². The molecule has 6 rings (SSSR count). The van der Waals surface area contributed by atoms with E-state index in [1.165, 1.54) is 18.4 Å². The number of nitrogens with zero attached hydrogens (tertiary/aromatic N) is 1. The number of phenols is 1. The summed E-state index contributed by atoms with van der Waals surface area (Å²) in [6, 6.07) is 3.88. The van der Waals surface area contributed by atoms with E-state index in [0.29, 0.717) is 18.6 Å². The smallest absolute Gasteiger partial charge is 0.165 e. The molecule has 3 fully saturated rings. The fourth-order valence-corrected chi connectivity index (χ4v) is 7.13. The van der Waals surface area contributed by atoms with Gasteiger partial charge in [-0.15, -0.1) is 0 Å². The minimum atomic E-state index is -0.870.